The molecule has 1 aliphatic rings. The summed E-state index contributed by atoms with van der Waals surface area (Å²) < 4.78 is 10.4. The van der Waals surface area contributed by atoms with Gasteiger partial charge in [0.1, 0.15) is 10.8 Å². The van der Waals surface area contributed by atoms with E-state index in [2.05, 4.69) is 10.1 Å². The summed E-state index contributed by atoms with van der Waals surface area (Å²) in [4.78, 5) is 32.5. The minimum absolute atomic E-state index is 0.0733. The Balaban J connectivity index is 1.50. The molecule has 0 saturated carbocycles. The number of methoxy groups -OCH3 is 1. The summed E-state index contributed by atoms with van der Waals surface area (Å²) in [5.74, 6) is 1.08. The predicted octanol–water partition coefficient (Wildman–Crippen LogP) is 4.33. The first-order valence-corrected chi connectivity index (χ1v) is 11.9. The van der Waals surface area contributed by atoms with Crippen molar-refractivity contribution in [2.75, 3.05) is 20.2 Å². The van der Waals surface area contributed by atoms with Gasteiger partial charge in [-0.2, -0.15) is 0 Å². The third kappa shape index (κ3) is 4.53. The van der Waals surface area contributed by atoms with Gasteiger partial charge in [0.25, 0.3) is 5.91 Å². The van der Waals surface area contributed by atoms with Crippen molar-refractivity contribution in [3.63, 3.8) is 0 Å². The Morgan fingerprint density at radius 2 is 1.85 bits per heavy atom. The highest BCUT2D eigenvalue weighted by atomic mass is 32.2. The van der Waals surface area contributed by atoms with Gasteiger partial charge in [0.2, 0.25) is 0 Å². The Bertz CT molecular complexity index is 1120. The van der Waals surface area contributed by atoms with Crippen LogP contribution in [0.2, 0.25) is 0 Å². The van der Waals surface area contributed by atoms with Gasteiger partial charge < -0.3 is 14.2 Å². The zero-order valence-electron chi connectivity index (χ0n) is 19.0. The highest BCUT2D eigenvalue weighted by Crippen LogP contribution is 2.37. The molecule has 0 spiro atoms. The molecule has 1 aliphatic heterocycles. The highest BCUT2D eigenvalue weighted by Gasteiger charge is 2.45. The van der Waals surface area contributed by atoms with Crippen molar-refractivity contribution in [3.8, 4) is 0 Å². The smallest absolute Gasteiger partial charge is 0.316 e. The Morgan fingerprint density at radius 1 is 1.12 bits per heavy atom. The van der Waals surface area contributed by atoms with Crippen LogP contribution in [0.1, 0.15) is 45.8 Å². The number of carbonyl (C=O) groups is 2. The second kappa shape index (κ2) is 9.79. The molecule has 1 aromatic carbocycles. The third-order valence-corrected chi connectivity index (χ3v) is 7.37. The van der Waals surface area contributed by atoms with Crippen molar-refractivity contribution in [2.45, 2.75) is 42.9 Å². The highest BCUT2D eigenvalue weighted by molar-refractivity contribution is 7.98. The first kappa shape index (κ1) is 23.0. The maximum atomic E-state index is 13.4. The van der Waals surface area contributed by atoms with E-state index in [1.807, 2.05) is 50.2 Å². The lowest BCUT2D eigenvalue weighted by Crippen LogP contribution is -2.49. The molecule has 3 aromatic rings. The van der Waals surface area contributed by atoms with Gasteiger partial charge in [0.05, 0.1) is 23.8 Å². The molecule has 8 heteroatoms. The summed E-state index contributed by atoms with van der Waals surface area (Å²) >= 11 is 1.50. The van der Waals surface area contributed by atoms with Crippen LogP contribution in [0.15, 0.2) is 58.2 Å². The van der Waals surface area contributed by atoms with Crippen molar-refractivity contribution in [3.05, 3.63) is 76.8 Å². The molecule has 0 unspecified atom stereocenters. The molecule has 4 rings (SSSR count). The maximum Gasteiger partial charge on any atom is 0.316 e. The van der Waals surface area contributed by atoms with E-state index in [4.69, 9.17) is 9.26 Å². The van der Waals surface area contributed by atoms with Gasteiger partial charge in [-0.25, -0.2) is 4.98 Å². The number of carbonyl (C=O) groups excluding carboxylic acids is 2. The van der Waals surface area contributed by atoms with Gasteiger partial charge in [0, 0.05) is 30.6 Å². The van der Waals surface area contributed by atoms with Crippen LogP contribution in [0.4, 0.5) is 0 Å². The number of aryl methyl sites for hydroxylation is 2. The molecule has 1 fully saturated rings. The summed E-state index contributed by atoms with van der Waals surface area (Å²) in [6.07, 6.45) is 2.72. The Morgan fingerprint density at radius 3 is 2.48 bits per heavy atom. The second-order valence-corrected chi connectivity index (χ2v) is 9.14. The lowest BCUT2D eigenvalue weighted by atomic mass is 9.72. The molecule has 2 aromatic heterocycles. The van der Waals surface area contributed by atoms with Crippen LogP contribution >= 0.6 is 11.8 Å². The molecular weight excluding hydrogens is 438 g/mol. The molecule has 0 radical (unpaired) electrons. The molecule has 3 heterocycles. The quantitative estimate of drug-likeness (QED) is 0.396. The molecule has 0 bridgehead atoms. The number of hydrogen-bond acceptors (Lipinski definition) is 7. The molecule has 172 valence electrons. The van der Waals surface area contributed by atoms with Crippen molar-refractivity contribution >= 4 is 23.6 Å². The van der Waals surface area contributed by atoms with Gasteiger partial charge in [-0.15, -0.1) is 11.8 Å². The summed E-state index contributed by atoms with van der Waals surface area (Å²) in [6, 6.07) is 13.3. The van der Waals surface area contributed by atoms with Crippen LogP contribution in [0.3, 0.4) is 0 Å². The number of pyridine rings is 1. The monoisotopic (exact) mass is 465 g/mol. The van der Waals surface area contributed by atoms with E-state index < -0.39 is 5.41 Å². The van der Waals surface area contributed by atoms with E-state index in [-0.39, 0.29) is 11.9 Å². The van der Waals surface area contributed by atoms with Crippen LogP contribution < -0.4 is 0 Å². The molecule has 0 aliphatic carbocycles. The number of esters is 1. The van der Waals surface area contributed by atoms with Crippen LogP contribution in [0.25, 0.3) is 0 Å². The van der Waals surface area contributed by atoms with Crippen molar-refractivity contribution < 1.29 is 18.8 Å². The van der Waals surface area contributed by atoms with Crippen LogP contribution in [-0.2, 0) is 20.7 Å². The van der Waals surface area contributed by atoms with E-state index in [0.29, 0.717) is 42.3 Å². The number of aromatic nitrogens is 2. The van der Waals surface area contributed by atoms with Crippen LogP contribution in [0.5, 0.6) is 0 Å². The van der Waals surface area contributed by atoms with E-state index in [9.17, 15) is 9.59 Å². The van der Waals surface area contributed by atoms with Crippen LogP contribution in [0, 0.1) is 13.8 Å². The fourth-order valence-corrected chi connectivity index (χ4v) is 5.48. The number of piperidine rings is 1. The average molecular weight is 466 g/mol. The number of hydrogen-bond donors (Lipinski definition) is 0. The second-order valence-electron chi connectivity index (χ2n) is 8.18. The predicted molar refractivity (Wildman–Crippen MR) is 125 cm³/mol. The SMILES string of the molecule is COC(=O)C1(c2ccccc2)CCN(C(=O)c2cccnc2SCc2c(C)noc2C)CC1. The maximum absolute atomic E-state index is 13.4. The van der Waals surface area contributed by atoms with Gasteiger partial charge in [-0.3, -0.25) is 9.59 Å². The Hall–Kier alpha value is -3.13. The van der Waals surface area contributed by atoms with E-state index in [1.165, 1.54) is 18.9 Å². The van der Waals surface area contributed by atoms with E-state index >= 15 is 0 Å². The minimum atomic E-state index is -0.733. The normalized spacial score (nSPS) is 15.3. The summed E-state index contributed by atoms with van der Waals surface area (Å²) in [6.45, 7) is 4.72. The van der Waals surface area contributed by atoms with E-state index in [1.54, 1.807) is 17.2 Å². The molecule has 0 N–H and O–H groups in total. The molecule has 0 atom stereocenters. The number of nitrogens with zero attached hydrogens (tertiary/aromatic N) is 3. The van der Waals surface area contributed by atoms with Gasteiger partial charge in [-0.05, 0) is 44.4 Å². The first-order valence-electron chi connectivity index (χ1n) is 10.9. The number of benzene rings is 1. The number of amides is 1. The number of thioether (sulfide) groups is 1. The zero-order valence-corrected chi connectivity index (χ0v) is 19.9. The molecule has 7 nitrogen and oxygen atoms in total. The lowest BCUT2D eigenvalue weighted by Gasteiger charge is -2.40. The molecule has 1 amide bonds. The van der Waals surface area contributed by atoms with Crippen molar-refractivity contribution in [1.29, 1.82) is 0 Å². The number of ether oxygens (including phenoxy) is 1. The van der Waals surface area contributed by atoms with Gasteiger partial charge in [0.15, 0.2) is 0 Å². The van der Waals surface area contributed by atoms with Crippen molar-refractivity contribution in [2.24, 2.45) is 0 Å². The molecule has 1 saturated heterocycles. The summed E-state index contributed by atoms with van der Waals surface area (Å²) in [7, 11) is 1.42. The van der Waals surface area contributed by atoms with Crippen LogP contribution in [-0.4, -0.2) is 47.1 Å². The first-order chi connectivity index (χ1) is 16.0. The summed E-state index contributed by atoms with van der Waals surface area (Å²) in [5, 5.41) is 4.67. The van der Waals surface area contributed by atoms with E-state index in [0.717, 1.165) is 22.6 Å². The van der Waals surface area contributed by atoms with Gasteiger partial charge >= 0.3 is 5.97 Å². The Kier molecular flexibility index (Phi) is 6.83. The molecule has 33 heavy (non-hydrogen) atoms. The fourth-order valence-electron chi connectivity index (χ4n) is 4.34. The summed E-state index contributed by atoms with van der Waals surface area (Å²) in [5.41, 5.74) is 2.64. The van der Waals surface area contributed by atoms with Crippen molar-refractivity contribution in [1.82, 2.24) is 15.0 Å². The fraction of sp³-hybridized carbons (Fsp3) is 0.360. The number of rotatable bonds is 6. The molecular formula is C25H27N3O4S. The topological polar surface area (TPSA) is 85.5 Å². The minimum Gasteiger partial charge on any atom is -0.468 e. The third-order valence-electron chi connectivity index (χ3n) is 6.34. The average Bonchev–Trinajstić information content (AvgIpc) is 3.19. The number of likely N-dealkylation sites (tertiary alicyclic amines) is 1. The standard InChI is InChI=1S/C25H27N3O4S/c1-17-21(18(2)32-27-17)16-33-22-20(10-7-13-26-22)23(29)28-14-11-25(12-15-28,24(30)31-3)19-8-5-4-6-9-19/h4-10,13H,11-12,14-16H2,1-3H3. The van der Waals surface area contributed by atoms with Gasteiger partial charge in [-0.1, -0.05) is 35.5 Å². The zero-order chi connectivity index (χ0) is 23.4. The lowest BCUT2D eigenvalue weighted by molar-refractivity contribution is -0.149. The largest absolute Gasteiger partial charge is 0.468 e. The Labute approximate surface area is 197 Å².